The average Bonchev–Trinajstić information content (AvgIpc) is 2.14. The first-order valence-electron chi connectivity index (χ1n) is 6.54. The lowest BCUT2D eigenvalue weighted by Gasteiger charge is -2.37. The van der Waals surface area contributed by atoms with E-state index < -0.39 is 0 Å². The summed E-state index contributed by atoms with van der Waals surface area (Å²) in [4.78, 5) is 0. The Morgan fingerprint density at radius 1 is 0.929 bits per heavy atom. The van der Waals surface area contributed by atoms with Crippen LogP contribution in [0.4, 0.5) is 0 Å². The number of hydrogen-bond donors (Lipinski definition) is 0. The van der Waals surface area contributed by atoms with Crippen molar-refractivity contribution in [3.8, 4) is 0 Å². The van der Waals surface area contributed by atoms with Crippen LogP contribution in [0.2, 0.25) is 0 Å². The van der Waals surface area contributed by atoms with Crippen LogP contribution in [0.1, 0.15) is 72.6 Å². The highest BCUT2D eigenvalue weighted by Gasteiger charge is 2.31. The normalized spacial score (nSPS) is 29.4. The van der Waals surface area contributed by atoms with E-state index in [1.54, 1.807) is 0 Å². The van der Waals surface area contributed by atoms with Gasteiger partial charge in [-0.05, 0) is 30.1 Å². The van der Waals surface area contributed by atoms with Gasteiger partial charge in [-0.15, -0.1) is 0 Å². The molecule has 84 valence electrons. The third-order valence-electron chi connectivity index (χ3n) is 4.14. The zero-order valence-electron chi connectivity index (χ0n) is 10.6. The van der Waals surface area contributed by atoms with Crippen LogP contribution in [0, 0.1) is 17.3 Å². The molecule has 1 saturated carbocycles. The lowest BCUT2D eigenvalue weighted by atomic mass is 9.68. The van der Waals surface area contributed by atoms with Crippen LogP contribution in [0.15, 0.2) is 0 Å². The second-order valence-corrected chi connectivity index (χ2v) is 6.15. The molecule has 0 radical (unpaired) electrons. The van der Waals surface area contributed by atoms with Gasteiger partial charge in [0.15, 0.2) is 0 Å². The van der Waals surface area contributed by atoms with E-state index in [1.165, 1.54) is 44.9 Å². The van der Waals surface area contributed by atoms with Crippen LogP contribution in [-0.4, -0.2) is 0 Å². The van der Waals surface area contributed by atoms with Gasteiger partial charge in [0.05, 0.1) is 0 Å². The largest absolute Gasteiger partial charge is 0.0625 e. The van der Waals surface area contributed by atoms with Gasteiger partial charge in [0.25, 0.3) is 0 Å². The van der Waals surface area contributed by atoms with E-state index >= 15 is 0 Å². The van der Waals surface area contributed by atoms with Gasteiger partial charge in [-0.1, -0.05) is 59.8 Å². The first kappa shape index (κ1) is 12.1. The first-order chi connectivity index (χ1) is 6.54. The summed E-state index contributed by atoms with van der Waals surface area (Å²) in [7, 11) is 0. The summed E-state index contributed by atoms with van der Waals surface area (Å²) in [5.41, 5.74) is 0.582. The Bertz CT molecular complexity index is 155. The van der Waals surface area contributed by atoms with E-state index in [1.807, 2.05) is 0 Å². The van der Waals surface area contributed by atoms with Crippen molar-refractivity contribution in [3.63, 3.8) is 0 Å². The van der Waals surface area contributed by atoms with Gasteiger partial charge in [-0.3, -0.25) is 0 Å². The van der Waals surface area contributed by atoms with Crippen molar-refractivity contribution in [2.75, 3.05) is 0 Å². The van der Waals surface area contributed by atoms with Crippen LogP contribution in [-0.2, 0) is 0 Å². The molecule has 0 bridgehead atoms. The number of rotatable bonds is 1. The van der Waals surface area contributed by atoms with Crippen LogP contribution in [0.5, 0.6) is 0 Å². The second-order valence-electron chi connectivity index (χ2n) is 6.15. The summed E-state index contributed by atoms with van der Waals surface area (Å²) >= 11 is 0. The van der Waals surface area contributed by atoms with Crippen LogP contribution in [0.3, 0.4) is 0 Å². The zero-order chi connectivity index (χ0) is 10.6. The standard InChI is InChI=1S/C14H28/c1-12(2)13-10-8-6-5-7-9-11-14(13,3)4/h12-13H,5-11H2,1-4H3. The average molecular weight is 196 g/mol. The minimum absolute atomic E-state index is 0.582. The molecule has 0 N–H and O–H groups in total. The molecular formula is C14H28. The van der Waals surface area contributed by atoms with E-state index in [9.17, 15) is 0 Å². The van der Waals surface area contributed by atoms with Gasteiger partial charge in [0.1, 0.15) is 0 Å². The van der Waals surface area contributed by atoms with Crippen LogP contribution in [0.25, 0.3) is 0 Å². The van der Waals surface area contributed by atoms with Crippen LogP contribution < -0.4 is 0 Å². The lowest BCUT2D eigenvalue weighted by Crippen LogP contribution is -2.28. The molecule has 0 aliphatic heterocycles. The van der Waals surface area contributed by atoms with Crippen molar-refractivity contribution < 1.29 is 0 Å². The minimum Gasteiger partial charge on any atom is -0.0625 e. The third kappa shape index (κ3) is 3.29. The summed E-state index contributed by atoms with van der Waals surface area (Å²) in [5, 5.41) is 0. The molecule has 0 nitrogen and oxygen atoms in total. The van der Waals surface area contributed by atoms with Crippen molar-refractivity contribution in [1.29, 1.82) is 0 Å². The van der Waals surface area contributed by atoms with Gasteiger partial charge in [0.2, 0.25) is 0 Å². The summed E-state index contributed by atoms with van der Waals surface area (Å²) in [6.07, 6.45) is 10.2. The van der Waals surface area contributed by atoms with Gasteiger partial charge >= 0.3 is 0 Å². The van der Waals surface area contributed by atoms with E-state index in [4.69, 9.17) is 0 Å². The molecule has 1 unspecified atom stereocenters. The van der Waals surface area contributed by atoms with Crippen molar-refractivity contribution >= 4 is 0 Å². The molecule has 1 fully saturated rings. The maximum Gasteiger partial charge on any atom is -0.0323 e. The maximum atomic E-state index is 2.49. The molecule has 0 saturated heterocycles. The quantitative estimate of drug-likeness (QED) is 0.552. The lowest BCUT2D eigenvalue weighted by molar-refractivity contribution is 0.131. The molecule has 0 amide bonds. The van der Waals surface area contributed by atoms with Gasteiger partial charge < -0.3 is 0 Å². The molecule has 0 aromatic rings. The minimum atomic E-state index is 0.582. The Hall–Kier alpha value is 0. The van der Waals surface area contributed by atoms with Gasteiger partial charge in [-0.25, -0.2) is 0 Å². The summed E-state index contributed by atoms with van der Waals surface area (Å²) in [6.45, 7) is 9.79. The molecule has 1 aliphatic rings. The highest BCUT2D eigenvalue weighted by atomic mass is 14.4. The molecular weight excluding hydrogens is 168 g/mol. The zero-order valence-corrected chi connectivity index (χ0v) is 10.6. The maximum absolute atomic E-state index is 2.49. The second kappa shape index (κ2) is 5.19. The Kier molecular flexibility index (Phi) is 4.47. The number of hydrogen-bond acceptors (Lipinski definition) is 0. The SMILES string of the molecule is CC(C)C1CCCCCCCC1(C)C. The third-order valence-corrected chi connectivity index (χ3v) is 4.14. The van der Waals surface area contributed by atoms with E-state index in [2.05, 4.69) is 27.7 Å². The summed E-state index contributed by atoms with van der Waals surface area (Å²) in [5.74, 6) is 1.81. The molecule has 0 aromatic heterocycles. The highest BCUT2D eigenvalue weighted by Crippen LogP contribution is 2.41. The molecule has 1 atom stereocenters. The fourth-order valence-electron chi connectivity index (χ4n) is 3.29. The van der Waals surface area contributed by atoms with Crippen molar-refractivity contribution in [2.45, 2.75) is 72.6 Å². The molecule has 0 aromatic carbocycles. The first-order valence-corrected chi connectivity index (χ1v) is 6.54. The monoisotopic (exact) mass is 196 g/mol. The van der Waals surface area contributed by atoms with Crippen molar-refractivity contribution in [1.82, 2.24) is 0 Å². The fraction of sp³-hybridized carbons (Fsp3) is 1.00. The highest BCUT2D eigenvalue weighted by molar-refractivity contribution is 4.81. The van der Waals surface area contributed by atoms with E-state index in [0.717, 1.165) is 11.8 Å². The summed E-state index contributed by atoms with van der Waals surface area (Å²) < 4.78 is 0. The van der Waals surface area contributed by atoms with Crippen molar-refractivity contribution in [2.24, 2.45) is 17.3 Å². The van der Waals surface area contributed by atoms with Gasteiger partial charge in [0, 0.05) is 0 Å². The topological polar surface area (TPSA) is 0 Å². The molecule has 0 heteroatoms. The summed E-state index contributed by atoms with van der Waals surface area (Å²) in [6, 6.07) is 0. The van der Waals surface area contributed by atoms with E-state index in [0.29, 0.717) is 5.41 Å². The Morgan fingerprint density at radius 3 is 2.14 bits per heavy atom. The molecule has 1 rings (SSSR count). The Labute approximate surface area is 90.5 Å². The molecule has 0 heterocycles. The van der Waals surface area contributed by atoms with Crippen LogP contribution >= 0.6 is 0 Å². The van der Waals surface area contributed by atoms with E-state index in [-0.39, 0.29) is 0 Å². The van der Waals surface area contributed by atoms with Gasteiger partial charge in [-0.2, -0.15) is 0 Å². The Morgan fingerprint density at radius 2 is 1.50 bits per heavy atom. The molecule has 0 spiro atoms. The molecule has 14 heavy (non-hydrogen) atoms. The van der Waals surface area contributed by atoms with Crippen molar-refractivity contribution in [3.05, 3.63) is 0 Å². The predicted molar refractivity (Wildman–Crippen MR) is 64.4 cm³/mol. The molecule has 1 aliphatic carbocycles. The smallest absolute Gasteiger partial charge is 0.0323 e. The fourth-order valence-corrected chi connectivity index (χ4v) is 3.29. The Balaban J connectivity index is 2.63. The predicted octanol–water partition coefficient (Wildman–Crippen LogP) is 5.03.